The van der Waals surface area contributed by atoms with Gasteiger partial charge in [-0.1, -0.05) is 36.4 Å². The van der Waals surface area contributed by atoms with Gasteiger partial charge in [-0.15, -0.1) is 11.3 Å². The van der Waals surface area contributed by atoms with E-state index in [1.54, 1.807) is 17.4 Å². The van der Waals surface area contributed by atoms with Crippen molar-refractivity contribution in [1.29, 1.82) is 0 Å². The van der Waals surface area contributed by atoms with Crippen molar-refractivity contribution in [3.05, 3.63) is 81.8 Å². The lowest BCUT2D eigenvalue weighted by atomic mass is 10.1. The fourth-order valence-electron chi connectivity index (χ4n) is 2.55. The Bertz CT molecular complexity index is 1050. The third-order valence-corrected chi connectivity index (χ3v) is 4.72. The minimum absolute atomic E-state index is 0.167. The van der Waals surface area contributed by atoms with Crippen LogP contribution in [-0.4, -0.2) is 14.8 Å². The molecule has 0 unspecified atom stereocenters. The molecule has 0 atom stereocenters. The first-order valence-corrected chi connectivity index (χ1v) is 8.72. The Morgan fingerprint density at radius 2 is 1.92 bits per heavy atom. The third-order valence-electron chi connectivity index (χ3n) is 3.86. The lowest BCUT2D eigenvalue weighted by molar-refractivity contribution is 0.535. The Balaban J connectivity index is 1.68. The lowest BCUT2D eigenvalue weighted by Crippen LogP contribution is -2.23. The van der Waals surface area contributed by atoms with E-state index >= 15 is 0 Å². The summed E-state index contributed by atoms with van der Waals surface area (Å²) in [6.45, 7) is 2.13. The monoisotopic (exact) mass is 349 g/mol. The van der Waals surface area contributed by atoms with Gasteiger partial charge >= 0.3 is 0 Å². The summed E-state index contributed by atoms with van der Waals surface area (Å²) in [6.07, 6.45) is 0. The molecule has 124 valence electrons. The van der Waals surface area contributed by atoms with Gasteiger partial charge in [0.2, 0.25) is 5.89 Å². The van der Waals surface area contributed by atoms with Gasteiger partial charge in [-0.3, -0.25) is 4.79 Å². The van der Waals surface area contributed by atoms with Crippen LogP contribution in [0.25, 0.3) is 22.0 Å². The van der Waals surface area contributed by atoms with Gasteiger partial charge in [0.25, 0.3) is 5.56 Å². The first-order chi connectivity index (χ1) is 12.2. The van der Waals surface area contributed by atoms with E-state index in [0.717, 1.165) is 16.1 Å². The quantitative estimate of drug-likeness (QED) is 0.559. The summed E-state index contributed by atoms with van der Waals surface area (Å²) in [5.41, 5.74) is 2.26. The second-order valence-electron chi connectivity index (χ2n) is 5.58. The molecule has 0 saturated carbocycles. The van der Waals surface area contributed by atoms with Crippen LogP contribution < -0.4 is 5.56 Å². The van der Waals surface area contributed by atoms with Crippen molar-refractivity contribution in [2.45, 2.75) is 13.5 Å². The predicted molar refractivity (Wildman–Crippen MR) is 97.6 cm³/mol. The normalized spacial score (nSPS) is 10.9. The maximum atomic E-state index is 12.2. The number of oxazole rings is 1. The van der Waals surface area contributed by atoms with Gasteiger partial charge in [-0.2, -0.15) is 5.10 Å². The van der Waals surface area contributed by atoms with Gasteiger partial charge < -0.3 is 4.42 Å². The van der Waals surface area contributed by atoms with Crippen molar-refractivity contribution >= 4 is 11.3 Å². The molecule has 0 spiro atoms. The molecule has 1 aromatic carbocycles. The third kappa shape index (κ3) is 3.16. The van der Waals surface area contributed by atoms with E-state index < -0.39 is 0 Å². The van der Waals surface area contributed by atoms with Crippen molar-refractivity contribution in [2.75, 3.05) is 0 Å². The molecule has 0 aliphatic heterocycles. The first kappa shape index (κ1) is 15.5. The summed E-state index contributed by atoms with van der Waals surface area (Å²) >= 11 is 1.57. The van der Waals surface area contributed by atoms with Crippen LogP contribution in [0.1, 0.15) is 11.5 Å². The van der Waals surface area contributed by atoms with E-state index in [-0.39, 0.29) is 12.1 Å². The molecule has 3 aromatic heterocycles. The zero-order valence-electron chi connectivity index (χ0n) is 13.5. The maximum absolute atomic E-state index is 12.2. The molecule has 25 heavy (non-hydrogen) atoms. The van der Waals surface area contributed by atoms with Crippen LogP contribution in [-0.2, 0) is 6.54 Å². The summed E-state index contributed by atoms with van der Waals surface area (Å²) < 4.78 is 7.16. The molecule has 0 aliphatic rings. The molecule has 0 saturated heterocycles. The molecule has 3 heterocycles. The highest BCUT2D eigenvalue weighted by Gasteiger charge is 2.14. The van der Waals surface area contributed by atoms with Crippen LogP contribution in [0, 0.1) is 6.92 Å². The van der Waals surface area contributed by atoms with Gasteiger partial charge in [0.1, 0.15) is 11.5 Å². The van der Waals surface area contributed by atoms with Gasteiger partial charge in [0.05, 0.1) is 17.1 Å². The number of rotatable bonds is 4. The summed E-state index contributed by atoms with van der Waals surface area (Å²) in [5.74, 6) is 1.27. The SMILES string of the molecule is Cc1oc(-c2cccs2)nc1Cn1nc(-c2ccccc2)ccc1=O. The fourth-order valence-corrected chi connectivity index (χ4v) is 3.20. The van der Waals surface area contributed by atoms with E-state index in [9.17, 15) is 4.79 Å². The highest BCUT2D eigenvalue weighted by atomic mass is 32.1. The second kappa shape index (κ2) is 6.49. The van der Waals surface area contributed by atoms with Gasteiger partial charge in [-0.05, 0) is 24.4 Å². The Labute approximate surface area is 148 Å². The molecular formula is C19H15N3O2S. The Kier molecular flexibility index (Phi) is 4.03. The Hall–Kier alpha value is -2.99. The minimum Gasteiger partial charge on any atom is -0.440 e. The summed E-state index contributed by atoms with van der Waals surface area (Å²) in [5, 5.41) is 6.45. The fraction of sp³-hybridized carbons (Fsp3) is 0.105. The predicted octanol–water partition coefficient (Wildman–Crippen LogP) is 3.98. The van der Waals surface area contributed by atoms with Crippen molar-refractivity contribution in [3.63, 3.8) is 0 Å². The molecule has 4 aromatic rings. The number of benzene rings is 1. The van der Waals surface area contributed by atoms with Gasteiger partial charge in [-0.25, -0.2) is 9.67 Å². The highest BCUT2D eigenvalue weighted by molar-refractivity contribution is 7.13. The highest BCUT2D eigenvalue weighted by Crippen LogP contribution is 2.26. The van der Waals surface area contributed by atoms with Crippen LogP contribution in [0.15, 0.2) is 69.2 Å². The summed E-state index contributed by atoms with van der Waals surface area (Å²) in [7, 11) is 0. The van der Waals surface area contributed by atoms with Gasteiger partial charge in [0.15, 0.2) is 0 Å². The maximum Gasteiger partial charge on any atom is 0.267 e. The summed E-state index contributed by atoms with van der Waals surface area (Å²) in [4.78, 5) is 17.7. The largest absolute Gasteiger partial charge is 0.440 e. The molecule has 0 aliphatic carbocycles. The second-order valence-corrected chi connectivity index (χ2v) is 6.53. The lowest BCUT2D eigenvalue weighted by Gasteiger charge is -2.06. The van der Waals surface area contributed by atoms with E-state index in [0.29, 0.717) is 17.3 Å². The molecule has 4 rings (SSSR count). The van der Waals surface area contributed by atoms with Crippen molar-refractivity contribution in [2.24, 2.45) is 0 Å². The number of hydrogen-bond donors (Lipinski definition) is 0. The molecule has 0 bridgehead atoms. The van der Waals surface area contributed by atoms with Crippen LogP contribution >= 0.6 is 11.3 Å². The zero-order chi connectivity index (χ0) is 17.2. The van der Waals surface area contributed by atoms with Crippen LogP contribution in [0.3, 0.4) is 0 Å². The molecule has 0 fully saturated rings. The molecule has 0 N–H and O–H groups in total. The number of aromatic nitrogens is 3. The first-order valence-electron chi connectivity index (χ1n) is 7.84. The van der Waals surface area contributed by atoms with Crippen LogP contribution in [0.4, 0.5) is 0 Å². The number of hydrogen-bond acceptors (Lipinski definition) is 5. The number of thiophene rings is 1. The molecule has 0 amide bonds. The average Bonchev–Trinajstić information content (AvgIpc) is 3.28. The van der Waals surface area contributed by atoms with E-state index in [1.807, 2.05) is 54.8 Å². The molecule has 5 nitrogen and oxygen atoms in total. The number of aryl methyl sites for hydroxylation is 1. The van der Waals surface area contributed by atoms with Crippen LogP contribution in [0.2, 0.25) is 0 Å². The smallest absolute Gasteiger partial charge is 0.267 e. The topological polar surface area (TPSA) is 60.9 Å². The molecule has 6 heteroatoms. The van der Waals surface area contributed by atoms with Crippen LogP contribution in [0.5, 0.6) is 0 Å². The van der Waals surface area contributed by atoms with Gasteiger partial charge in [0, 0.05) is 11.6 Å². The van der Waals surface area contributed by atoms with Crippen molar-refractivity contribution in [1.82, 2.24) is 14.8 Å². The van der Waals surface area contributed by atoms with Crippen molar-refractivity contribution in [3.8, 4) is 22.0 Å². The zero-order valence-corrected chi connectivity index (χ0v) is 14.4. The number of nitrogens with zero attached hydrogens (tertiary/aromatic N) is 3. The average molecular weight is 349 g/mol. The summed E-state index contributed by atoms with van der Waals surface area (Å²) in [6, 6.07) is 17.0. The minimum atomic E-state index is -0.167. The Morgan fingerprint density at radius 1 is 1.08 bits per heavy atom. The van der Waals surface area contributed by atoms with E-state index in [2.05, 4.69) is 10.1 Å². The van der Waals surface area contributed by atoms with E-state index in [4.69, 9.17) is 4.42 Å². The molecule has 0 radical (unpaired) electrons. The standard InChI is InChI=1S/C19H15N3O2S/c1-13-16(20-19(24-13)17-8-5-11-25-17)12-22-18(23)10-9-15(21-22)14-6-3-2-4-7-14/h2-11H,12H2,1H3. The van der Waals surface area contributed by atoms with E-state index in [1.165, 1.54) is 10.7 Å². The molecular weight excluding hydrogens is 334 g/mol. The Morgan fingerprint density at radius 3 is 2.68 bits per heavy atom. The van der Waals surface area contributed by atoms with Crippen molar-refractivity contribution < 1.29 is 4.42 Å².